The number of hydrogen-bond acceptors (Lipinski definition) is 4. The first-order valence-electron chi connectivity index (χ1n) is 5.32. The number of nitrogens with one attached hydrogen (secondary N) is 1. The Hall–Kier alpha value is -0.650. The van der Waals surface area contributed by atoms with Crippen molar-refractivity contribution in [1.29, 1.82) is 0 Å². The lowest BCUT2D eigenvalue weighted by Crippen LogP contribution is -2.57. The fourth-order valence-electron chi connectivity index (χ4n) is 1.82. The van der Waals surface area contributed by atoms with E-state index in [-0.39, 0.29) is 6.61 Å². The van der Waals surface area contributed by atoms with Crippen molar-refractivity contribution in [2.24, 2.45) is 0 Å². The predicted octanol–water partition coefficient (Wildman–Crippen LogP) is -0.0193. The van der Waals surface area contributed by atoms with Gasteiger partial charge in [0.15, 0.2) is 0 Å². The molecule has 0 spiro atoms. The zero-order chi connectivity index (χ0) is 11.3. The second-order valence-corrected chi connectivity index (χ2v) is 3.99. The van der Waals surface area contributed by atoms with E-state index in [4.69, 9.17) is 9.84 Å². The van der Waals surface area contributed by atoms with Gasteiger partial charge in [0.2, 0.25) is 0 Å². The molecule has 0 amide bonds. The smallest absolute Gasteiger partial charge is 0.320 e. The Labute approximate surface area is 89.4 Å². The van der Waals surface area contributed by atoms with Gasteiger partial charge >= 0.3 is 5.97 Å². The molecule has 5 nitrogen and oxygen atoms in total. The number of aliphatic hydroxyl groups excluding tert-OH is 1. The van der Waals surface area contributed by atoms with Gasteiger partial charge in [-0.3, -0.25) is 10.1 Å². The van der Waals surface area contributed by atoms with Crippen LogP contribution in [0.5, 0.6) is 0 Å². The van der Waals surface area contributed by atoms with Crippen LogP contribution in [0.1, 0.15) is 26.2 Å². The fraction of sp³-hybridized carbons (Fsp3) is 0.900. The zero-order valence-electron chi connectivity index (χ0n) is 9.03. The van der Waals surface area contributed by atoms with E-state index in [9.17, 15) is 9.90 Å². The lowest BCUT2D eigenvalue weighted by atomic mass is 9.89. The molecule has 0 bridgehead atoms. The molecule has 1 aliphatic rings. The Morgan fingerprint density at radius 3 is 2.53 bits per heavy atom. The maximum atomic E-state index is 10.9. The Morgan fingerprint density at radius 2 is 2.13 bits per heavy atom. The van der Waals surface area contributed by atoms with Crippen molar-refractivity contribution >= 4 is 5.97 Å². The van der Waals surface area contributed by atoms with Crippen LogP contribution in [0.25, 0.3) is 0 Å². The molecule has 1 rings (SSSR count). The van der Waals surface area contributed by atoms with Crippen molar-refractivity contribution in [2.75, 3.05) is 19.8 Å². The summed E-state index contributed by atoms with van der Waals surface area (Å²) in [5, 5.41) is 21.3. The van der Waals surface area contributed by atoms with E-state index in [0.29, 0.717) is 32.5 Å². The molecular weight excluding hydrogens is 198 g/mol. The first-order chi connectivity index (χ1) is 7.13. The number of aliphatic carboxylic acids is 1. The zero-order valence-corrected chi connectivity index (χ0v) is 9.03. The molecule has 0 aromatic carbocycles. The number of rotatable bonds is 5. The molecular formula is C10H19NO4. The first kappa shape index (κ1) is 12.4. The van der Waals surface area contributed by atoms with E-state index in [2.05, 4.69) is 5.32 Å². The Morgan fingerprint density at radius 1 is 1.53 bits per heavy atom. The third kappa shape index (κ3) is 3.15. The number of carboxylic acids is 1. The highest BCUT2D eigenvalue weighted by molar-refractivity contribution is 5.73. The fourth-order valence-corrected chi connectivity index (χ4v) is 1.82. The molecule has 1 saturated heterocycles. The van der Waals surface area contributed by atoms with Gasteiger partial charge in [0.05, 0.1) is 6.61 Å². The molecule has 3 N–H and O–H groups in total. The Balaban J connectivity index is 2.61. The molecule has 15 heavy (non-hydrogen) atoms. The quantitative estimate of drug-likeness (QED) is 0.603. The molecule has 0 aliphatic carbocycles. The molecule has 0 radical (unpaired) electrons. The van der Waals surface area contributed by atoms with Gasteiger partial charge in [-0.05, 0) is 19.3 Å². The molecule has 88 valence electrons. The first-order valence-corrected chi connectivity index (χ1v) is 5.32. The van der Waals surface area contributed by atoms with Crippen LogP contribution in [-0.4, -0.2) is 47.6 Å². The van der Waals surface area contributed by atoms with Crippen LogP contribution >= 0.6 is 0 Å². The van der Waals surface area contributed by atoms with Gasteiger partial charge in [-0.15, -0.1) is 0 Å². The summed E-state index contributed by atoms with van der Waals surface area (Å²) in [6.07, 6.45) is 1.83. The van der Waals surface area contributed by atoms with Crippen LogP contribution < -0.4 is 5.32 Å². The number of hydrogen-bond donors (Lipinski definition) is 3. The molecule has 1 unspecified atom stereocenters. The van der Waals surface area contributed by atoms with Crippen LogP contribution in [0.15, 0.2) is 0 Å². The summed E-state index contributed by atoms with van der Waals surface area (Å²) in [6.45, 7) is 2.92. The molecule has 0 saturated carbocycles. The summed E-state index contributed by atoms with van der Waals surface area (Å²) < 4.78 is 5.20. The van der Waals surface area contributed by atoms with Gasteiger partial charge < -0.3 is 14.9 Å². The minimum atomic E-state index is -0.864. The SMILES string of the molecule is CCC(NC1(CO)CCOCC1)C(=O)O. The van der Waals surface area contributed by atoms with Gasteiger partial charge in [0, 0.05) is 18.8 Å². The Kier molecular flexibility index (Phi) is 4.50. The standard InChI is InChI=1S/C10H19NO4/c1-2-8(9(13)14)11-10(7-12)3-5-15-6-4-10/h8,11-12H,2-7H2,1H3,(H,13,14). The van der Waals surface area contributed by atoms with Crippen molar-refractivity contribution in [3.63, 3.8) is 0 Å². The Bertz CT molecular complexity index is 213. The van der Waals surface area contributed by atoms with Crippen LogP contribution in [0.4, 0.5) is 0 Å². The van der Waals surface area contributed by atoms with E-state index < -0.39 is 17.6 Å². The molecule has 0 aromatic heterocycles. The van der Waals surface area contributed by atoms with Gasteiger partial charge in [-0.1, -0.05) is 6.92 Å². The maximum Gasteiger partial charge on any atom is 0.320 e. The lowest BCUT2D eigenvalue weighted by molar-refractivity contribution is -0.141. The van der Waals surface area contributed by atoms with Crippen LogP contribution in [-0.2, 0) is 9.53 Å². The van der Waals surface area contributed by atoms with E-state index in [1.54, 1.807) is 0 Å². The minimum absolute atomic E-state index is 0.0415. The highest BCUT2D eigenvalue weighted by Gasteiger charge is 2.35. The predicted molar refractivity (Wildman–Crippen MR) is 54.7 cm³/mol. The van der Waals surface area contributed by atoms with Crippen LogP contribution in [0.3, 0.4) is 0 Å². The van der Waals surface area contributed by atoms with E-state index >= 15 is 0 Å². The normalized spacial score (nSPS) is 22.3. The third-order valence-corrected chi connectivity index (χ3v) is 2.94. The monoisotopic (exact) mass is 217 g/mol. The van der Waals surface area contributed by atoms with Gasteiger partial charge in [-0.2, -0.15) is 0 Å². The van der Waals surface area contributed by atoms with Crippen molar-refractivity contribution in [3.8, 4) is 0 Å². The number of carbonyl (C=O) groups is 1. The van der Waals surface area contributed by atoms with Gasteiger partial charge in [0.1, 0.15) is 6.04 Å². The van der Waals surface area contributed by atoms with Crippen LogP contribution in [0.2, 0.25) is 0 Å². The van der Waals surface area contributed by atoms with Crippen molar-refractivity contribution in [1.82, 2.24) is 5.32 Å². The van der Waals surface area contributed by atoms with Crippen molar-refractivity contribution in [3.05, 3.63) is 0 Å². The second kappa shape index (κ2) is 5.44. The lowest BCUT2D eigenvalue weighted by Gasteiger charge is -2.38. The average Bonchev–Trinajstić information content (AvgIpc) is 2.27. The molecule has 1 fully saturated rings. The van der Waals surface area contributed by atoms with Gasteiger partial charge in [0.25, 0.3) is 0 Å². The van der Waals surface area contributed by atoms with Gasteiger partial charge in [-0.25, -0.2) is 0 Å². The second-order valence-electron chi connectivity index (χ2n) is 3.99. The summed E-state index contributed by atoms with van der Waals surface area (Å²) in [7, 11) is 0. The summed E-state index contributed by atoms with van der Waals surface area (Å²) in [5.41, 5.74) is -0.475. The highest BCUT2D eigenvalue weighted by Crippen LogP contribution is 2.21. The van der Waals surface area contributed by atoms with E-state index in [1.807, 2.05) is 6.92 Å². The summed E-state index contributed by atoms with van der Waals surface area (Å²) in [5.74, 6) is -0.864. The molecule has 1 atom stereocenters. The number of aliphatic hydroxyl groups is 1. The molecule has 5 heteroatoms. The summed E-state index contributed by atoms with van der Waals surface area (Å²) in [4.78, 5) is 10.9. The number of carboxylic acid groups (broad SMARTS) is 1. The average molecular weight is 217 g/mol. The summed E-state index contributed by atoms with van der Waals surface area (Å²) >= 11 is 0. The molecule has 1 aliphatic heterocycles. The summed E-state index contributed by atoms with van der Waals surface area (Å²) in [6, 6.07) is -0.588. The van der Waals surface area contributed by atoms with Crippen molar-refractivity contribution < 1.29 is 19.7 Å². The van der Waals surface area contributed by atoms with E-state index in [0.717, 1.165) is 0 Å². The molecule has 0 aromatic rings. The van der Waals surface area contributed by atoms with Crippen molar-refractivity contribution in [2.45, 2.75) is 37.8 Å². The third-order valence-electron chi connectivity index (χ3n) is 2.94. The van der Waals surface area contributed by atoms with Crippen LogP contribution in [0, 0.1) is 0 Å². The minimum Gasteiger partial charge on any atom is -0.480 e. The largest absolute Gasteiger partial charge is 0.480 e. The molecule has 1 heterocycles. The topological polar surface area (TPSA) is 78.8 Å². The number of ether oxygens (including phenoxy) is 1. The van der Waals surface area contributed by atoms with E-state index in [1.165, 1.54) is 0 Å². The maximum absolute atomic E-state index is 10.9. The highest BCUT2D eigenvalue weighted by atomic mass is 16.5.